The summed E-state index contributed by atoms with van der Waals surface area (Å²) in [5, 5.41) is 0. The van der Waals surface area contributed by atoms with Crippen LogP contribution in [-0.2, 0) is 4.79 Å². The van der Waals surface area contributed by atoms with Crippen LogP contribution in [0.3, 0.4) is 0 Å². The minimum absolute atomic E-state index is 0.00805. The van der Waals surface area contributed by atoms with E-state index in [1.165, 1.54) is 29.2 Å². The molecule has 3 nitrogen and oxygen atoms in total. The van der Waals surface area contributed by atoms with Crippen LogP contribution in [0.5, 0.6) is 0 Å². The number of para-hydroxylation sites is 1. The van der Waals surface area contributed by atoms with Gasteiger partial charge >= 0.3 is 6.18 Å². The predicted molar refractivity (Wildman–Crippen MR) is 105 cm³/mol. The number of anilines is 1. The Morgan fingerprint density at radius 2 is 1.68 bits per heavy atom. The number of benzene rings is 2. The molecule has 1 atom stereocenters. The highest BCUT2D eigenvalue weighted by Gasteiger charge is 2.36. The van der Waals surface area contributed by atoms with Gasteiger partial charge in [0.05, 0.1) is 5.57 Å². The van der Waals surface area contributed by atoms with E-state index in [1.807, 2.05) is 30.3 Å². The summed E-state index contributed by atoms with van der Waals surface area (Å²) in [6, 6.07) is 17.1. The zero-order valence-electron chi connectivity index (χ0n) is 15.7. The van der Waals surface area contributed by atoms with Gasteiger partial charge in [-0.05, 0) is 30.5 Å². The second-order valence-corrected chi connectivity index (χ2v) is 6.95. The number of alkyl halides is 3. The van der Waals surface area contributed by atoms with Crippen molar-refractivity contribution in [3.8, 4) is 0 Å². The van der Waals surface area contributed by atoms with Crippen molar-refractivity contribution in [3.05, 3.63) is 72.3 Å². The molecule has 0 aromatic heterocycles. The van der Waals surface area contributed by atoms with Crippen LogP contribution in [0.2, 0.25) is 0 Å². The molecule has 148 valence electrons. The molecule has 0 spiro atoms. The van der Waals surface area contributed by atoms with E-state index in [0.717, 1.165) is 31.1 Å². The smallest absolute Gasteiger partial charge is 0.369 e. The van der Waals surface area contributed by atoms with Crippen LogP contribution in [0.15, 0.2) is 66.7 Å². The van der Waals surface area contributed by atoms with Crippen molar-refractivity contribution in [3.63, 3.8) is 0 Å². The number of rotatable bonds is 4. The molecule has 1 amide bonds. The molecule has 0 radical (unpaired) electrons. The first-order chi connectivity index (χ1) is 13.4. The van der Waals surface area contributed by atoms with E-state index in [9.17, 15) is 18.0 Å². The lowest BCUT2D eigenvalue weighted by Crippen LogP contribution is -2.48. The van der Waals surface area contributed by atoms with Crippen LogP contribution in [0.4, 0.5) is 18.9 Å². The lowest BCUT2D eigenvalue weighted by Gasteiger charge is -2.38. The number of piperidine rings is 1. The van der Waals surface area contributed by atoms with Gasteiger partial charge in [0.2, 0.25) is 5.91 Å². The second kappa shape index (κ2) is 8.50. The molecule has 0 N–H and O–H groups in total. The Morgan fingerprint density at radius 1 is 1.07 bits per heavy atom. The summed E-state index contributed by atoms with van der Waals surface area (Å²) < 4.78 is 40.5. The van der Waals surface area contributed by atoms with Gasteiger partial charge in [-0.1, -0.05) is 48.5 Å². The topological polar surface area (TPSA) is 23.6 Å². The Morgan fingerprint density at radius 3 is 2.29 bits per heavy atom. The van der Waals surface area contributed by atoms with E-state index < -0.39 is 17.7 Å². The summed E-state index contributed by atoms with van der Waals surface area (Å²) in [7, 11) is 1.58. The summed E-state index contributed by atoms with van der Waals surface area (Å²) in [6.07, 6.45) is -2.23. The molecular weight excluding hydrogens is 365 g/mol. The van der Waals surface area contributed by atoms with Gasteiger partial charge in [-0.25, -0.2) is 0 Å². The van der Waals surface area contributed by atoms with Crippen molar-refractivity contribution in [2.24, 2.45) is 0 Å². The van der Waals surface area contributed by atoms with Crippen molar-refractivity contribution >= 4 is 17.2 Å². The Kier molecular flexibility index (Phi) is 6.07. The Hall–Kier alpha value is -2.76. The predicted octanol–water partition coefficient (Wildman–Crippen LogP) is 4.76. The molecule has 1 unspecified atom stereocenters. The number of halogens is 3. The van der Waals surface area contributed by atoms with Gasteiger partial charge in [-0.15, -0.1) is 0 Å². The molecule has 28 heavy (non-hydrogen) atoms. The van der Waals surface area contributed by atoms with E-state index in [-0.39, 0.29) is 11.6 Å². The standard InChI is InChI=1S/C22H23F3N2O/c1-26(19-13-8-14-27(16-19)18-11-6-3-7-12-18)21(28)15-20(22(23,24)25)17-9-4-2-5-10-17/h2-7,9-12,15,19H,8,13-14,16H2,1H3/b20-15-. The molecular formula is C22H23F3N2O. The summed E-state index contributed by atoms with van der Waals surface area (Å²) in [6.45, 7) is 1.48. The highest BCUT2D eigenvalue weighted by molar-refractivity contribution is 5.96. The number of likely N-dealkylation sites (N-methyl/N-ethyl adjacent to an activating group) is 1. The van der Waals surface area contributed by atoms with Gasteiger partial charge in [0, 0.05) is 37.9 Å². The Balaban J connectivity index is 1.78. The quantitative estimate of drug-likeness (QED) is 0.705. The number of carbonyl (C=O) groups excluding carboxylic acids is 1. The molecule has 1 aliphatic heterocycles. The van der Waals surface area contributed by atoms with Crippen molar-refractivity contribution in [1.29, 1.82) is 0 Å². The highest BCUT2D eigenvalue weighted by atomic mass is 19.4. The molecule has 2 aromatic carbocycles. The third kappa shape index (κ3) is 4.74. The van der Waals surface area contributed by atoms with Crippen LogP contribution in [0.25, 0.3) is 5.57 Å². The summed E-state index contributed by atoms with van der Waals surface area (Å²) >= 11 is 0. The maximum atomic E-state index is 13.5. The van der Waals surface area contributed by atoms with Crippen molar-refractivity contribution in [2.75, 3.05) is 25.0 Å². The van der Waals surface area contributed by atoms with Crippen LogP contribution in [-0.4, -0.2) is 43.2 Å². The van der Waals surface area contributed by atoms with Crippen LogP contribution in [0.1, 0.15) is 18.4 Å². The molecule has 0 saturated carbocycles. The van der Waals surface area contributed by atoms with Gasteiger partial charge in [-0.2, -0.15) is 13.2 Å². The van der Waals surface area contributed by atoms with Gasteiger partial charge in [0.15, 0.2) is 0 Å². The molecule has 0 bridgehead atoms. The van der Waals surface area contributed by atoms with E-state index in [4.69, 9.17) is 0 Å². The van der Waals surface area contributed by atoms with Gasteiger partial charge < -0.3 is 9.80 Å². The monoisotopic (exact) mass is 388 g/mol. The number of allylic oxidation sites excluding steroid dienone is 1. The third-order valence-electron chi connectivity index (χ3n) is 5.07. The van der Waals surface area contributed by atoms with E-state index in [1.54, 1.807) is 13.1 Å². The minimum atomic E-state index is -4.60. The number of amides is 1. The fraction of sp³-hybridized carbons (Fsp3) is 0.318. The summed E-state index contributed by atoms with van der Waals surface area (Å²) in [4.78, 5) is 16.3. The first kappa shape index (κ1) is 20.0. The van der Waals surface area contributed by atoms with Crippen LogP contribution < -0.4 is 4.90 Å². The molecule has 2 aromatic rings. The first-order valence-electron chi connectivity index (χ1n) is 9.27. The van der Waals surface area contributed by atoms with E-state index in [0.29, 0.717) is 6.54 Å². The van der Waals surface area contributed by atoms with Gasteiger partial charge in [0.25, 0.3) is 0 Å². The Labute approximate surface area is 163 Å². The van der Waals surface area contributed by atoms with Crippen molar-refractivity contribution in [1.82, 2.24) is 4.90 Å². The number of nitrogens with zero attached hydrogens (tertiary/aromatic N) is 2. The number of hydrogen-bond acceptors (Lipinski definition) is 2. The highest BCUT2D eigenvalue weighted by Crippen LogP contribution is 2.34. The Bertz CT molecular complexity index is 819. The zero-order valence-corrected chi connectivity index (χ0v) is 15.7. The average Bonchev–Trinajstić information content (AvgIpc) is 2.72. The molecule has 1 fully saturated rings. The van der Waals surface area contributed by atoms with E-state index in [2.05, 4.69) is 4.90 Å². The fourth-order valence-corrected chi connectivity index (χ4v) is 3.50. The SMILES string of the molecule is CN(C(=O)/C=C(/c1ccccc1)C(F)(F)F)C1CCCN(c2ccccc2)C1. The normalized spacial score (nSPS) is 18.1. The molecule has 1 aliphatic rings. The molecule has 1 heterocycles. The second-order valence-electron chi connectivity index (χ2n) is 6.95. The summed E-state index contributed by atoms with van der Waals surface area (Å²) in [5.74, 6) is -0.629. The van der Waals surface area contributed by atoms with Gasteiger partial charge in [-0.3, -0.25) is 4.79 Å². The van der Waals surface area contributed by atoms with Crippen LogP contribution in [0, 0.1) is 0 Å². The fourth-order valence-electron chi connectivity index (χ4n) is 3.50. The van der Waals surface area contributed by atoms with E-state index >= 15 is 0 Å². The molecule has 6 heteroatoms. The number of hydrogen-bond donors (Lipinski definition) is 0. The number of carbonyl (C=O) groups is 1. The lowest BCUT2D eigenvalue weighted by molar-refractivity contribution is -0.127. The summed E-state index contributed by atoms with van der Waals surface area (Å²) in [5.41, 5.74) is 0.135. The first-order valence-corrected chi connectivity index (χ1v) is 9.27. The lowest BCUT2D eigenvalue weighted by atomic mass is 10.0. The molecule has 1 saturated heterocycles. The molecule has 0 aliphatic carbocycles. The maximum Gasteiger partial charge on any atom is 0.417 e. The van der Waals surface area contributed by atoms with Crippen molar-refractivity contribution < 1.29 is 18.0 Å². The largest absolute Gasteiger partial charge is 0.417 e. The third-order valence-corrected chi connectivity index (χ3v) is 5.07. The maximum absolute atomic E-state index is 13.5. The minimum Gasteiger partial charge on any atom is -0.369 e. The molecule has 3 rings (SSSR count). The van der Waals surface area contributed by atoms with Crippen molar-refractivity contribution in [2.45, 2.75) is 25.1 Å². The average molecular weight is 388 g/mol. The van der Waals surface area contributed by atoms with Gasteiger partial charge in [0.1, 0.15) is 0 Å². The zero-order chi connectivity index (χ0) is 20.1. The van der Waals surface area contributed by atoms with Crippen LogP contribution >= 0.6 is 0 Å².